The number of carbonyl (C=O) groups is 1. The number of amides is 1. The van der Waals surface area contributed by atoms with E-state index in [1.807, 2.05) is 25.4 Å². The number of pyridine rings is 1. The van der Waals surface area contributed by atoms with Gasteiger partial charge < -0.3 is 20.3 Å². The lowest BCUT2D eigenvalue weighted by atomic mass is 10.2. The van der Waals surface area contributed by atoms with Crippen molar-refractivity contribution in [1.82, 2.24) is 15.6 Å². The van der Waals surface area contributed by atoms with Gasteiger partial charge in [0.05, 0.1) is 12.7 Å². The SMILES string of the molecule is CNCCC(=O)NCc1ccc(N2CCOC(C)C2)nc1.Cl.Cl. The fourth-order valence-corrected chi connectivity index (χ4v) is 2.26. The summed E-state index contributed by atoms with van der Waals surface area (Å²) in [5, 5.41) is 5.84. The van der Waals surface area contributed by atoms with Crippen LogP contribution < -0.4 is 15.5 Å². The van der Waals surface area contributed by atoms with E-state index < -0.39 is 0 Å². The summed E-state index contributed by atoms with van der Waals surface area (Å²) in [6.45, 7) is 5.77. The van der Waals surface area contributed by atoms with Gasteiger partial charge in [-0.3, -0.25) is 4.79 Å². The van der Waals surface area contributed by atoms with E-state index in [-0.39, 0.29) is 36.8 Å². The van der Waals surface area contributed by atoms with Crippen molar-refractivity contribution in [2.24, 2.45) is 0 Å². The lowest BCUT2D eigenvalue weighted by molar-refractivity contribution is -0.121. The Morgan fingerprint density at radius 1 is 1.43 bits per heavy atom. The first-order valence-electron chi connectivity index (χ1n) is 7.42. The summed E-state index contributed by atoms with van der Waals surface area (Å²) in [5.41, 5.74) is 1.01. The molecule has 132 valence electrons. The van der Waals surface area contributed by atoms with Gasteiger partial charge in [-0.25, -0.2) is 4.98 Å². The zero-order valence-electron chi connectivity index (χ0n) is 13.6. The number of rotatable bonds is 6. The number of morpholine rings is 1. The van der Waals surface area contributed by atoms with Crippen LogP contribution in [0.2, 0.25) is 0 Å². The van der Waals surface area contributed by atoms with Gasteiger partial charge in [-0.05, 0) is 25.6 Å². The Morgan fingerprint density at radius 3 is 2.83 bits per heavy atom. The summed E-state index contributed by atoms with van der Waals surface area (Å²) >= 11 is 0. The molecule has 0 radical (unpaired) electrons. The minimum absolute atomic E-state index is 0. The Balaban J connectivity index is 0.00000242. The summed E-state index contributed by atoms with van der Waals surface area (Å²) < 4.78 is 5.53. The average molecular weight is 365 g/mol. The van der Waals surface area contributed by atoms with Crippen molar-refractivity contribution in [3.05, 3.63) is 23.9 Å². The molecule has 1 aliphatic heterocycles. The number of nitrogens with one attached hydrogen (secondary N) is 2. The second-order valence-corrected chi connectivity index (χ2v) is 5.28. The van der Waals surface area contributed by atoms with E-state index in [0.717, 1.165) is 31.1 Å². The number of hydrogen-bond donors (Lipinski definition) is 2. The Hall–Kier alpha value is -1.08. The smallest absolute Gasteiger partial charge is 0.221 e. The molecule has 0 aliphatic carbocycles. The molecule has 2 rings (SSSR count). The van der Waals surface area contributed by atoms with Gasteiger partial charge in [0.15, 0.2) is 0 Å². The maximum atomic E-state index is 11.5. The van der Waals surface area contributed by atoms with Gasteiger partial charge in [0.2, 0.25) is 5.91 Å². The third-order valence-electron chi connectivity index (χ3n) is 3.47. The van der Waals surface area contributed by atoms with Gasteiger partial charge >= 0.3 is 0 Å². The maximum absolute atomic E-state index is 11.5. The lowest BCUT2D eigenvalue weighted by Gasteiger charge is -2.32. The molecule has 2 N–H and O–H groups in total. The molecule has 1 fully saturated rings. The molecule has 6 nitrogen and oxygen atoms in total. The highest BCUT2D eigenvalue weighted by Gasteiger charge is 2.17. The van der Waals surface area contributed by atoms with Gasteiger partial charge in [0.25, 0.3) is 0 Å². The van der Waals surface area contributed by atoms with Crippen LogP contribution in [0.3, 0.4) is 0 Å². The molecule has 0 spiro atoms. The monoisotopic (exact) mass is 364 g/mol. The van der Waals surface area contributed by atoms with Gasteiger partial charge in [0.1, 0.15) is 5.82 Å². The maximum Gasteiger partial charge on any atom is 0.221 e. The lowest BCUT2D eigenvalue weighted by Crippen LogP contribution is -2.41. The van der Waals surface area contributed by atoms with Crippen LogP contribution in [0, 0.1) is 0 Å². The molecule has 0 bridgehead atoms. The van der Waals surface area contributed by atoms with E-state index in [2.05, 4.69) is 27.4 Å². The normalized spacial score (nSPS) is 17.0. The van der Waals surface area contributed by atoms with Crippen molar-refractivity contribution in [2.45, 2.75) is 26.0 Å². The molecule has 1 amide bonds. The molecule has 23 heavy (non-hydrogen) atoms. The summed E-state index contributed by atoms with van der Waals surface area (Å²) in [7, 11) is 1.84. The van der Waals surface area contributed by atoms with Gasteiger partial charge in [-0.2, -0.15) is 0 Å². The number of carbonyl (C=O) groups excluding carboxylic acids is 1. The first-order chi connectivity index (χ1) is 10.2. The summed E-state index contributed by atoms with van der Waals surface area (Å²) in [6.07, 6.45) is 2.56. The molecule has 1 atom stereocenters. The molecular formula is C15H26Cl2N4O2. The molecule has 0 aromatic carbocycles. The molecule has 1 aliphatic rings. The fraction of sp³-hybridized carbons (Fsp3) is 0.600. The largest absolute Gasteiger partial charge is 0.375 e. The summed E-state index contributed by atoms with van der Waals surface area (Å²) in [6, 6.07) is 4.02. The number of anilines is 1. The third kappa shape index (κ3) is 7.35. The molecule has 1 aromatic heterocycles. The van der Waals surface area contributed by atoms with Crippen LogP contribution in [-0.2, 0) is 16.1 Å². The van der Waals surface area contributed by atoms with Gasteiger partial charge in [-0.1, -0.05) is 6.07 Å². The standard InChI is InChI=1S/C15H24N4O2.2ClH/c1-12-11-19(7-8-21-12)14-4-3-13(9-17-14)10-18-15(20)5-6-16-2;;/h3-4,9,12,16H,5-8,10-11H2,1-2H3,(H,18,20);2*1H. The Labute approximate surface area is 150 Å². The van der Waals surface area contributed by atoms with Crippen LogP contribution in [0.5, 0.6) is 0 Å². The molecule has 1 unspecified atom stereocenters. The average Bonchev–Trinajstić information content (AvgIpc) is 2.51. The second-order valence-electron chi connectivity index (χ2n) is 5.28. The van der Waals surface area contributed by atoms with Crippen molar-refractivity contribution >= 4 is 36.5 Å². The zero-order chi connectivity index (χ0) is 15.1. The zero-order valence-corrected chi connectivity index (χ0v) is 15.2. The highest BCUT2D eigenvalue weighted by Crippen LogP contribution is 2.15. The predicted molar refractivity (Wildman–Crippen MR) is 96.8 cm³/mol. The topological polar surface area (TPSA) is 66.5 Å². The van der Waals surface area contributed by atoms with Crippen LogP contribution in [0.4, 0.5) is 5.82 Å². The van der Waals surface area contributed by atoms with Gasteiger partial charge in [-0.15, -0.1) is 24.8 Å². The molecule has 8 heteroatoms. The van der Waals surface area contributed by atoms with Crippen LogP contribution in [0.1, 0.15) is 18.9 Å². The minimum atomic E-state index is 0. The number of aromatic nitrogens is 1. The van der Waals surface area contributed by atoms with Crippen molar-refractivity contribution in [3.8, 4) is 0 Å². The van der Waals surface area contributed by atoms with E-state index in [0.29, 0.717) is 19.5 Å². The predicted octanol–water partition coefficient (Wildman–Crippen LogP) is 1.38. The van der Waals surface area contributed by atoms with Crippen molar-refractivity contribution < 1.29 is 9.53 Å². The van der Waals surface area contributed by atoms with Gasteiger partial charge in [0, 0.05) is 38.8 Å². The number of ether oxygens (including phenoxy) is 1. The molecule has 0 saturated carbocycles. The van der Waals surface area contributed by atoms with Crippen molar-refractivity contribution in [3.63, 3.8) is 0 Å². The molecule has 1 saturated heterocycles. The number of hydrogen-bond acceptors (Lipinski definition) is 5. The van der Waals surface area contributed by atoms with E-state index >= 15 is 0 Å². The van der Waals surface area contributed by atoms with Crippen molar-refractivity contribution in [2.75, 3.05) is 38.2 Å². The highest BCUT2D eigenvalue weighted by atomic mass is 35.5. The first-order valence-corrected chi connectivity index (χ1v) is 7.42. The summed E-state index contributed by atoms with van der Waals surface area (Å²) in [4.78, 5) is 18.2. The third-order valence-corrected chi connectivity index (χ3v) is 3.47. The van der Waals surface area contributed by atoms with E-state index in [1.54, 1.807) is 0 Å². The Kier molecular flexibility index (Phi) is 10.9. The minimum Gasteiger partial charge on any atom is -0.375 e. The molecular weight excluding hydrogens is 339 g/mol. The first kappa shape index (κ1) is 21.9. The molecule has 1 aromatic rings. The second kappa shape index (κ2) is 11.5. The van der Waals surface area contributed by atoms with E-state index in [9.17, 15) is 4.79 Å². The summed E-state index contributed by atoms with van der Waals surface area (Å²) in [5.74, 6) is 1.02. The number of nitrogens with zero attached hydrogens (tertiary/aromatic N) is 2. The highest BCUT2D eigenvalue weighted by molar-refractivity contribution is 5.85. The number of halogens is 2. The van der Waals surface area contributed by atoms with Crippen molar-refractivity contribution in [1.29, 1.82) is 0 Å². The van der Waals surface area contributed by atoms with Crippen LogP contribution in [0.15, 0.2) is 18.3 Å². The Morgan fingerprint density at radius 2 is 2.22 bits per heavy atom. The molecule has 2 heterocycles. The van der Waals surface area contributed by atoms with E-state index in [1.165, 1.54) is 0 Å². The Bertz CT molecular complexity index is 459. The van der Waals surface area contributed by atoms with Crippen LogP contribution in [0.25, 0.3) is 0 Å². The fourth-order valence-electron chi connectivity index (χ4n) is 2.26. The van der Waals surface area contributed by atoms with E-state index in [4.69, 9.17) is 4.74 Å². The quantitative estimate of drug-likeness (QED) is 0.797. The van der Waals surface area contributed by atoms with Crippen LogP contribution >= 0.6 is 24.8 Å². The van der Waals surface area contributed by atoms with Crippen LogP contribution in [-0.4, -0.2) is 50.3 Å².